The van der Waals surface area contributed by atoms with Crippen LogP contribution in [0.15, 0.2) is 47.1 Å². The molecule has 0 aliphatic heterocycles. The van der Waals surface area contributed by atoms with Crippen molar-refractivity contribution in [2.24, 2.45) is 23.2 Å². The summed E-state index contributed by atoms with van der Waals surface area (Å²) in [4.78, 5) is 27.6. The van der Waals surface area contributed by atoms with Gasteiger partial charge in [-0.2, -0.15) is 11.8 Å². The number of nitrogens with zero attached hydrogens (tertiary/aromatic N) is 1. The van der Waals surface area contributed by atoms with Gasteiger partial charge in [-0.3, -0.25) is 9.59 Å². The third-order valence-corrected chi connectivity index (χ3v) is 9.79. The van der Waals surface area contributed by atoms with Gasteiger partial charge in [0, 0.05) is 38.0 Å². The average Bonchev–Trinajstić information content (AvgIpc) is 3.15. The minimum Gasteiger partial charge on any atom is -0.378 e. The normalized spacial score (nSPS) is 33.2. The van der Waals surface area contributed by atoms with E-state index in [4.69, 9.17) is 0 Å². The largest absolute Gasteiger partial charge is 0.378 e. The van der Waals surface area contributed by atoms with Crippen molar-refractivity contribution < 1.29 is 9.59 Å². The molecular formula is C29H37NO2S. The maximum Gasteiger partial charge on any atom is 0.156 e. The predicted octanol–water partition coefficient (Wildman–Crippen LogP) is 6.20. The molecule has 0 amide bonds. The van der Waals surface area contributed by atoms with Crippen LogP contribution in [0.4, 0.5) is 5.69 Å². The highest BCUT2D eigenvalue weighted by molar-refractivity contribution is 7.99. The number of allylic oxidation sites excluding steroid dienone is 4. The van der Waals surface area contributed by atoms with Gasteiger partial charge in [0.25, 0.3) is 0 Å². The second-order valence-electron chi connectivity index (χ2n) is 11.1. The highest BCUT2D eigenvalue weighted by atomic mass is 32.2. The zero-order valence-corrected chi connectivity index (χ0v) is 21.3. The van der Waals surface area contributed by atoms with Crippen LogP contribution in [-0.2, 0) is 9.59 Å². The highest BCUT2D eigenvalue weighted by Gasteiger charge is 2.57. The molecule has 176 valence electrons. The molecule has 1 aromatic carbocycles. The monoisotopic (exact) mass is 463 g/mol. The van der Waals surface area contributed by atoms with Gasteiger partial charge in [0.1, 0.15) is 5.78 Å². The van der Waals surface area contributed by atoms with Crippen molar-refractivity contribution in [3.8, 4) is 0 Å². The summed E-state index contributed by atoms with van der Waals surface area (Å²) in [6.45, 7) is 2.44. The molecule has 5 atom stereocenters. The lowest BCUT2D eigenvalue weighted by molar-refractivity contribution is -0.124. The molecule has 33 heavy (non-hydrogen) atoms. The van der Waals surface area contributed by atoms with E-state index >= 15 is 0 Å². The summed E-state index contributed by atoms with van der Waals surface area (Å²) in [5, 5.41) is 0. The van der Waals surface area contributed by atoms with E-state index in [2.05, 4.69) is 50.2 Å². The number of anilines is 1. The van der Waals surface area contributed by atoms with Crippen LogP contribution in [0.1, 0.15) is 63.4 Å². The summed E-state index contributed by atoms with van der Waals surface area (Å²) in [5.74, 6) is 3.08. The lowest BCUT2D eigenvalue weighted by Crippen LogP contribution is -2.45. The van der Waals surface area contributed by atoms with Crippen LogP contribution in [0.3, 0.4) is 0 Å². The molecule has 2 fully saturated rings. The smallest absolute Gasteiger partial charge is 0.156 e. The van der Waals surface area contributed by atoms with Crippen LogP contribution in [0.5, 0.6) is 0 Å². The molecule has 3 nitrogen and oxygen atoms in total. The first kappa shape index (κ1) is 23.0. The van der Waals surface area contributed by atoms with Crippen molar-refractivity contribution in [1.82, 2.24) is 0 Å². The SMILES string of the molecule is CSCC(=O)C1CCC2C3CCC4=CC(=O)CCC4=C3C(c3ccc(N(C)C)cc3)C[C@]12C. The Kier molecular flexibility index (Phi) is 6.09. The minimum absolute atomic E-state index is 0.0676. The van der Waals surface area contributed by atoms with E-state index < -0.39 is 0 Å². The Balaban J connectivity index is 1.62. The lowest BCUT2D eigenvalue weighted by atomic mass is 9.51. The molecular weight excluding hydrogens is 426 g/mol. The van der Waals surface area contributed by atoms with Gasteiger partial charge in [-0.1, -0.05) is 24.6 Å². The van der Waals surface area contributed by atoms with E-state index in [1.54, 1.807) is 17.3 Å². The van der Waals surface area contributed by atoms with Crippen LogP contribution in [-0.4, -0.2) is 37.7 Å². The number of thioether (sulfide) groups is 1. The molecule has 1 aromatic rings. The van der Waals surface area contributed by atoms with Crippen LogP contribution in [0.25, 0.3) is 0 Å². The van der Waals surface area contributed by atoms with Crippen molar-refractivity contribution in [3.63, 3.8) is 0 Å². The molecule has 0 heterocycles. The number of benzene rings is 1. The Morgan fingerprint density at radius 1 is 1.09 bits per heavy atom. The van der Waals surface area contributed by atoms with E-state index in [9.17, 15) is 9.59 Å². The van der Waals surface area contributed by atoms with Gasteiger partial charge >= 0.3 is 0 Å². The number of Topliss-reactive ketones (excluding diaryl/α,β-unsaturated/α-hetero) is 1. The molecule has 0 saturated heterocycles. The molecule has 2 saturated carbocycles. The second-order valence-corrected chi connectivity index (χ2v) is 12.0. The quantitative estimate of drug-likeness (QED) is 0.521. The van der Waals surface area contributed by atoms with E-state index in [1.165, 1.54) is 28.8 Å². The molecule has 0 aromatic heterocycles. The van der Waals surface area contributed by atoms with Crippen LogP contribution in [0, 0.1) is 23.2 Å². The van der Waals surface area contributed by atoms with Gasteiger partial charge in [0.15, 0.2) is 5.78 Å². The summed E-state index contributed by atoms with van der Waals surface area (Å²) < 4.78 is 0. The average molecular weight is 464 g/mol. The Labute approximate surface area is 203 Å². The van der Waals surface area contributed by atoms with Gasteiger partial charge in [-0.25, -0.2) is 0 Å². The molecule has 4 unspecified atom stereocenters. The van der Waals surface area contributed by atoms with Gasteiger partial charge in [0.05, 0.1) is 5.75 Å². The molecule has 0 spiro atoms. The first-order valence-corrected chi connectivity index (χ1v) is 14.0. The zero-order chi connectivity index (χ0) is 23.3. The van der Waals surface area contributed by atoms with E-state index in [0.717, 1.165) is 32.1 Å². The third-order valence-electron chi connectivity index (χ3n) is 9.22. The highest BCUT2D eigenvalue weighted by Crippen LogP contribution is 2.65. The Hall–Kier alpha value is -1.81. The number of hydrogen-bond acceptors (Lipinski definition) is 4. The second kappa shape index (κ2) is 8.76. The first-order valence-electron chi connectivity index (χ1n) is 12.6. The molecule has 0 radical (unpaired) electrons. The molecule has 5 rings (SSSR count). The number of carbonyl (C=O) groups excluding carboxylic acids is 2. The Bertz CT molecular complexity index is 1020. The molecule has 0 bridgehead atoms. The maximum atomic E-state index is 13.2. The maximum absolute atomic E-state index is 13.2. The van der Waals surface area contributed by atoms with Crippen LogP contribution >= 0.6 is 11.8 Å². The van der Waals surface area contributed by atoms with Crippen molar-refractivity contribution in [1.29, 1.82) is 0 Å². The summed E-state index contributed by atoms with van der Waals surface area (Å²) in [6, 6.07) is 9.10. The summed E-state index contributed by atoms with van der Waals surface area (Å²) in [7, 11) is 4.17. The topological polar surface area (TPSA) is 37.4 Å². The summed E-state index contributed by atoms with van der Waals surface area (Å²) >= 11 is 1.67. The molecule has 4 heteroatoms. The Morgan fingerprint density at radius 2 is 1.85 bits per heavy atom. The van der Waals surface area contributed by atoms with Crippen LogP contribution in [0.2, 0.25) is 0 Å². The number of carbonyl (C=O) groups is 2. The molecule has 4 aliphatic rings. The minimum atomic E-state index is 0.0676. The number of fused-ring (bicyclic) bond motifs is 4. The zero-order valence-electron chi connectivity index (χ0n) is 20.5. The van der Waals surface area contributed by atoms with Gasteiger partial charge in [0.2, 0.25) is 0 Å². The van der Waals surface area contributed by atoms with E-state index in [0.29, 0.717) is 41.5 Å². The van der Waals surface area contributed by atoms with Crippen molar-refractivity contribution in [2.75, 3.05) is 31.0 Å². The Morgan fingerprint density at radius 3 is 2.55 bits per heavy atom. The first-order chi connectivity index (χ1) is 15.8. The predicted molar refractivity (Wildman–Crippen MR) is 138 cm³/mol. The van der Waals surface area contributed by atoms with E-state index in [1.807, 2.05) is 12.3 Å². The van der Waals surface area contributed by atoms with Gasteiger partial charge in [-0.15, -0.1) is 0 Å². The van der Waals surface area contributed by atoms with Gasteiger partial charge < -0.3 is 4.90 Å². The van der Waals surface area contributed by atoms with Crippen LogP contribution < -0.4 is 4.90 Å². The lowest BCUT2D eigenvalue weighted by Gasteiger charge is -2.52. The number of ketones is 2. The van der Waals surface area contributed by atoms with Crippen molar-refractivity contribution in [3.05, 3.63) is 52.6 Å². The fraction of sp³-hybridized carbons (Fsp3) is 0.586. The fourth-order valence-electron chi connectivity index (χ4n) is 7.73. The fourth-order valence-corrected chi connectivity index (χ4v) is 8.22. The number of rotatable bonds is 5. The van der Waals surface area contributed by atoms with Crippen molar-refractivity contribution in [2.45, 2.75) is 57.8 Å². The number of hydrogen-bond donors (Lipinski definition) is 0. The molecule has 4 aliphatic carbocycles. The van der Waals surface area contributed by atoms with Crippen molar-refractivity contribution >= 4 is 29.0 Å². The summed E-state index contributed by atoms with van der Waals surface area (Å²) in [6.07, 6.45) is 11.0. The third kappa shape index (κ3) is 3.83. The summed E-state index contributed by atoms with van der Waals surface area (Å²) in [5.41, 5.74) is 7.09. The standard InChI is InChI=1S/C29H37NO2S/c1-29-16-24(18-5-8-20(9-6-18)30(2)3)28-22-12-10-21(31)15-19(22)7-11-23(28)25(29)13-14-26(29)27(32)17-33-4/h5-6,8-9,15,23-26H,7,10-14,16-17H2,1-4H3/t23?,24?,25?,26?,29-/m0/s1. The van der Waals surface area contributed by atoms with Gasteiger partial charge in [-0.05, 0) is 96.9 Å². The van der Waals surface area contributed by atoms with E-state index in [-0.39, 0.29) is 11.3 Å². The molecule has 0 N–H and O–H groups in total.